The molecule has 0 bridgehead atoms. The SMILES string of the molecule is NCC1CCCCN1C(=O)Nc1ccccc1. The first-order valence-electron chi connectivity index (χ1n) is 6.14. The zero-order valence-corrected chi connectivity index (χ0v) is 9.93. The lowest BCUT2D eigenvalue weighted by atomic mass is 10.0. The molecule has 0 radical (unpaired) electrons. The summed E-state index contributed by atoms with van der Waals surface area (Å²) < 4.78 is 0. The largest absolute Gasteiger partial charge is 0.328 e. The van der Waals surface area contributed by atoms with Crippen molar-refractivity contribution in [2.45, 2.75) is 25.3 Å². The highest BCUT2D eigenvalue weighted by molar-refractivity contribution is 5.89. The molecule has 2 rings (SSSR count). The molecule has 92 valence electrons. The Morgan fingerprint density at radius 1 is 1.35 bits per heavy atom. The second-order valence-corrected chi connectivity index (χ2v) is 4.37. The third-order valence-electron chi connectivity index (χ3n) is 3.19. The number of carbonyl (C=O) groups excluding carboxylic acids is 1. The Morgan fingerprint density at radius 3 is 2.82 bits per heavy atom. The van der Waals surface area contributed by atoms with Gasteiger partial charge >= 0.3 is 6.03 Å². The van der Waals surface area contributed by atoms with Crippen molar-refractivity contribution in [3.8, 4) is 0 Å². The topological polar surface area (TPSA) is 58.4 Å². The number of rotatable bonds is 2. The number of carbonyl (C=O) groups is 1. The number of urea groups is 1. The molecular formula is C13H19N3O. The number of nitrogens with one attached hydrogen (secondary N) is 1. The summed E-state index contributed by atoms with van der Waals surface area (Å²) in [6, 6.07) is 9.68. The summed E-state index contributed by atoms with van der Waals surface area (Å²) in [7, 11) is 0. The summed E-state index contributed by atoms with van der Waals surface area (Å²) in [5, 5.41) is 2.91. The summed E-state index contributed by atoms with van der Waals surface area (Å²) in [6.07, 6.45) is 3.24. The van der Waals surface area contributed by atoms with Gasteiger partial charge in [0.05, 0.1) is 0 Å². The highest BCUT2D eigenvalue weighted by atomic mass is 16.2. The van der Waals surface area contributed by atoms with Crippen LogP contribution in [0.15, 0.2) is 30.3 Å². The number of benzene rings is 1. The van der Waals surface area contributed by atoms with Crippen molar-refractivity contribution in [3.05, 3.63) is 30.3 Å². The molecule has 1 saturated heterocycles. The molecule has 2 amide bonds. The van der Waals surface area contributed by atoms with Gasteiger partial charge in [0.25, 0.3) is 0 Å². The van der Waals surface area contributed by atoms with Gasteiger partial charge < -0.3 is 16.0 Å². The minimum Gasteiger partial charge on any atom is -0.328 e. The Kier molecular flexibility index (Phi) is 3.98. The van der Waals surface area contributed by atoms with Gasteiger partial charge in [-0.25, -0.2) is 4.79 Å². The number of amides is 2. The average molecular weight is 233 g/mol. The van der Waals surface area contributed by atoms with Crippen molar-refractivity contribution in [1.29, 1.82) is 0 Å². The standard InChI is InChI=1S/C13H19N3O/c14-10-12-8-4-5-9-16(12)13(17)15-11-6-2-1-3-7-11/h1-3,6-7,12H,4-5,8-10,14H2,(H,15,17). The second-order valence-electron chi connectivity index (χ2n) is 4.37. The molecule has 1 aromatic carbocycles. The van der Waals surface area contributed by atoms with E-state index in [1.807, 2.05) is 35.2 Å². The zero-order valence-electron chi connectivity index (χ0n) is 9.93. The predicted molar refractivity (Wildman–Crippen MR) is 68.9 cm³/mol. The van der Waals surface area contributed by atoms with Crippen LogP contribution in [0.4, 0.5) is 10.5 Å². The lowest BCUT2D eigenvalue weighted by Gasteiger charge is -2.34. The van der Waals surface area contributed by atoms with E-state index in [1.54, 1.807) is 0 Å². The molecule has 1 aliphatic rings. The minimum atomic E-state index is -0.0358. The Morgan fingerprint density at radius 2 is 2.12 bits per heavy atom. The van der Waals surface area contributed by atoms with Crippen molar-refractivity contribution in [1.82, 2.24) is 4.90 Å². The van der Waals surface area contributed by atoms with Crippen molar-refractivity contribution in [2.24, 2.45) is 5.73 Å². The van der Waals surface area contributed by atoms with E-state index in [9.17, 15) is 4.79 Å². The molecule has 0 aromatic heterocycles. The van der Waals surface area contributed by atoms with Gasteiger partial charge in [-0.05, 0) is 31.4 Å². The van der Waals surface area contributed by atoms with Gasteiger partial charge in [0.2, 0.25) is 0 Å². The molecule has 0 aliphatic carbocycles. The van der Waals surface area contributed by atoms with E-state index in [0.717, 1.165) is 31.5 Å². The normalized spacial score (nSPS) is 20.1. The highest BCUT2D eigenvalue weighted by Crippen LogP contribution is 2.17. The summed E-state index contributed by atoms with van der Waals surface area (Å²) in [6.45, 7) is 1.35. The van der Waals surface area contributed by atoms with E-state index in [2.05, 4.69) is 5.32 Å². The molecule has 1 atom stereocenters. The van der Waals surface area contributed by atoms with Crippen LogP contribution in [0.25, 0.3) is 0 Å². The first kappa shape index (κ1) is 11.9. The van der Waals surface area contributed by atoms with E-state index < -0.39 is 0 Å². The molecular weight excluding hydrogens is 214 g/mol. The van der Waals surface area contributed by atoms with Crippen molar-refractivity contribution >= 4 is 11.7 Å². The van der Waals surface area contributed by atoms with Gasteiger partial charge in [-0.2, -0.15) is 0 Å². The number of piperidine rings is 1. The number of hydrogen-bond acceptors (Lipinski definition) is 2. The molecule has 0 spiro atoms. The molecule has 4 heteroatoms. The van der Waals surface area contributed by atoms with Crippen LogP contribution in [0.2, 0.25) is 0 Å². The number of likely N-dealkylation sites (tertiary alicyclic amines) is 1. The molecule has 1 aliphatic heterocycles. The van der Waals surface area contributed by atoms with Crippen LogP contribution in [0.5, 0.6) is 0 Å². The van der Waals surface area contributed by atoms with E-state index in [1.165, 1.54) is 0 Å². The summed E-state index contributed by atoms with van der Waals surface area (Å²) in [5.74, 6) is 0. The third-order valence-corrected chi connectivity index (χ3v) is 3.19. The van der Waals surface area contributed by atoms with Gasteiger partial charge in [0, 0.05) is 24.8 Å². The first-order valence-corrected chi connectivity index (χ1v) is 6.14. The highest BCUT2D eigenvalue weighted by Gasteiger charge is 2.25. The van der Waals surface area contributed by atoms with Crippen LogP contribution in [0.3, 0.4) is 0 Å². The zero-order chi connectivity index (χ0) is 12.1. The van der Waals surface area contributed by atoms with E-state index in [4.69, 9.17) is 5.73 Å². The average Bonchev–Trinajstić information content (AvgIpc) is 2.40. The van der Waals surface area contributed by atoms with Crippen LogP contribution >= 0.6 is 0 Å². The summed E-state index contributed by atoms with van der Waals surface area (Å²) >= 11 is 0. The van der Waals surface area contributed by atoms with E-state index >= 15 is 0 Å². The number of hydrogen-bond donors (Lipinski definition) is 2. The maximum Gasteiger partial charge on any atom is 0.322 e. The number of nitrogens with two attached hydrogens (primary N) is 1. The number of para-hydroxylation sites is 1. The number of anilines is 1. The second kappa shape index (κ2) is 5.68. The smallest absolute Gasteiger partial charge is 0.322 e. The summed E-state index contributed by atoms with van der Waals surface area (Å²) in [5.41, 5.74) is 6.54. The van der Waals surface area contributed by atoms with Gasteiger partial charge in [-0.15, -0.1) is 0 Å². The van der Waals surface area contributed by atoms with Gasteiger partial charge in [0.15, 0.2) is 0 Å². The van der Waals surface area contributed by atoms with Crippen LogP contribution in [0.1, 0.15) is 19.3 Å². The maximum absolute atomic E-state index is 12.1. The molecule has 1 unspecified atom stereocenters. The lowest BCUT2D eigenvalue weighted by Crippen LogP contribution is -2.49. The Labute approximate surface area is 102 Å². The number of nitrogens with zero attached hydrogens (tertiary/aromatic N) is 1. The molecule has 1 fully saturated rings. The quantitative estimate of drug-likeness (QED) is 0.821. The van der Waals surface area contributed by atoms with Gasteiger partial charge in [-0.3, -0.25) is 0 Å². The van der Waals surface area contributed by atoms with Crippen molar-refractivity contribution in [2.75, 3.05) is 18.4 Å². The third kappa shape index (κ3) is 2.97. The Balaban J connectivity index is 1.99. The fourth-order valence-corrected chi connectivity index (χ4v) is 2.23. The Bertz CT molecular complexity index is 366. The van der Waals surface area contributed by atoms with Crippen LogP contribution < -0.4 is 11.1 Å². The maximum atomic E-state index is 12.1. The fourth-order valence-electron chi connectivity index (χ4n) is 2.23. The van der Waals surface area contributed by atoms with E-state index in [0.29, 0.717) is 6.54 Å². The molecule has 1 heterocycles. The molecule has 3 N–H and O–H groups in total. The molecule has 0 saturated carbocycles. The molecule has 17 heavy (non-hydrogen) atoms. The van der Waals surface area contributed by atoms with E-state index in [-0.39, 0.29) is 12.1 Å². The fraction of sp³-hybridized carbons (Fsp3) is 0.462. The molecule has 1 aromatic rings. The first-order chi connectivity index (χ1) is 8.31. The lowest BCUT2D eigenvalue weighted by molar-refractivity contribution is 0.166. The van der Waals surface area contributed by atoms with Crippen LogP contribution in [-0.4, -0.2) is 30.1 Å². The minimum absolute atomic E-state index is 0.0358. The Hall–Kier alpha value is -1.55. The van der Waals surface area contributed by atoms with Crippen LogP contribution in [0, 0.1) is 0 Å². The van der Waals surface area contributed by atoms with Gasteiger partial charge in [0.1, 0.15) is 0 Å². The molecule has 4 nitrogen and oxygen atoms in total. The van der Waals surface area contributed by atoms with Crippen LogP contribution in [-0.2, 0) is 0 Å². The van der Waals surface area contributed by atoms with Gasteiger partial charge in [-0.1, -0.05) is 18.2 Å². The summed E-state index contributed by atoms with van der Waals surface area (Å²) in [4.78, 5) is 14.0. The monoisotopic (exact) mass is 233 g/mol. The van der Waals surface area contributed by atoms with Crippen molar-refractivity contribution < 1.29 is 4.79 Å². The predicted octanol–water partition coefficient (Wildman–Crippen LogP) is 2.03. The van der Waals surface area contributed by atoms with Crippen molar-refractivity contribution in [3.63, 3.8) is 0 Å².